The fourth-order valence-electron chi connectivity index (χ4n) is 2.63. The lowest BCUT2D eigenvalue weighted by Crippen LogP contribution is -2.22. The van der Waals surface area contributed by atoms with E-state index in [-0.39, 0.29) is 5.91 Å². The van der Waals surface area contributed by atoms with Gasteiger partial charge in [-0.1, -0.05) is 37.3 Å². The quantitative estimate of drug-likeness (QED) is 0.874. The zero-order chi connectivity index (χ0) is 14.7. The molecule has 0 fully saturated rings. The molecule has 3 rings (SSSR count). The molecule has 0 aliphatic heterocycles. The van der Waals surface area contributed by atoms with Gasteiger partial charge < -0.3 is 0 Å². The minimum absolute atomic E-state index is 0.141. The second kappa shape index (κ2) is 6.41. The van der Waals surface area contributed by atoms with E-state index in [0.717, 1.165) is 29.2 Å². The van der Waals surface area contributed by atoms with E-state index in [1.165, 1.54) is 16.9 Å². The molecule has 2 aromatic rings. The summed E-state index contributed by atoms with van der Waals surface area (Å²) >= 11 is 1.60. The van der Waals surface area contributed by atoms with Crippen LogP contribution in [0.3, 0.4) is 0 Å². The Hall–Kier alpha value is -1.65. The van der Waals surface area contributed by atoms with Gasteiger partial charge in [-0.2, -0.15) is 0 Å². The summed E-state index contributed by atoms with van der Waals surface area (Å²) in [6.07, 6.45) is 3.41. The third-order valence-corrected chi connectivity index (χ3v) is 5.04. The highest BCUT2D eigenvalue weighted by molar-refractivity contribution is 7.14. The average molecular weight is 301 g/mol. The summed E-state index contributed by atoms with van der Waals surface area (Å²) in [6, 6.07) is 11.8. The van der Waals surface area contributed by atoms with Crippen molar-refractivity contribution < 1.29 is 9.63 Å². The molecule has 21 heavy (non-hydrogen) atoms. The Labute approximate surface area is 128 Å². The highest BCUT2D eigenvalue weighted by atomic mass is 32.1. The first-order chi connectivity index (χ1) is 10.2. The lowest BCUT2D eigenvalue weighted by Gasteiger charge is -2.16. The first kappa shape index (κ1) is 14.3. The number of hydrogen-bond acceptors (Lipinski definition) is 3. The van der Waals surface area contributed by atoms with Crippen LogP contribution in [-0.4, -0.2) is 5.91 Å². The van der Waals surface area contributed by atoms with E-state index in [2.05, 4.69) is 12.4 Å². The van der Waals surface area contributed by atoms with Gasteiger partial charge in [0.15, 0.2) is 0 Å². The molecule has 0 saturated heterocycles. The van der Waals surface area contributed by atoms with Crippen LogP contribution in [0.2, 0.25) is 0 Å². The van der Waals surface area contributed by atoms with Crippen LogP contribution in [0.15, 0.2) is 36.4 Å². The summed E-state index contributed by atoms with van der Waals surface area (Å²) in [5.41, 5.74) is 4.92. The summed E-state index contributed by atoms with van der Waals surface area (Å²) in [5, 5.41) is 0. The molecule has 0 saturated carbocycles. The van der Waals surface area contributed by atoms with Gasteiger partial charge in [-0.05, 0) is 42.4 Å². The minimum atomic E-state index is -0.141. The summed E-state index contributed by atoms with van der Waals surface area (Å²) in [5.74, 6) is 0.579. The zero-order valence-corrected chi connectivity index (χ0v) is 12.9. The number of aryl methyl sites for hydroxylation is 1. The highest BCUT2D eigenvalue weighted by Gasteiger charge is 2.20. The lowest BCUT2D eigenvalue weighted by atomic mass is 9.90. The first-order valence-electron chi connectivity index (χ1n) is 7.30. The van der Waals surface area contributed by atoms with Crippen LogP contribution in [0, 0.1) is 5.92 Å². The van der Waals surface area contributed by atoms with Crippen molar-refractivity contribution in [2.45, 2.75) is 32.8 Å². The molecule has 1 heterocycles. The number of hydroxylamine groups is 1. The van der Waals surface area contributed by atoms with E-state index in [1.54, 1.807) is 11.3 Å². The Morgan fingerprint density at radius 2 is 2.19 bits per heavy atom. The van der Waals surface area contributed by atoms with E-state index < -0.39 is 0 Å². The predicted molar refractivity (Wildman–Crippen MR) is 84.2 cm³/mol. The number of carbonyl (C=O) groups is 1. The standard InChI is InChI=1S/C17H19NO2S/c1-12-7-8-15-14(9-12)10-16(21-15)17(19)18-20-11-13-5-3-2-4-6-13/h2-6,10,12H,7-9,11H2,1H3,(H,18,19). The van der Waals surface area contributed by atoms with Gasteiger partial charge in [0, 0.05) is 4.88 Å². The van der Waals surface area contributed by atoms with Crippen LogP contribution in [0.25, 0.3) is 0 Å². The number of nitrogens with one attached hydrogen (secondary N) is 1. The molecular weight excluding hydrogens is 282 g/mol. The molecule has 1 unspecified atom stereocenters. The number of carbonyl (C=O) groups excluding carboxylic acids is 1. The van der Waals surface area contributed by atoms with Crippen LogP contribution in [0.1, 0.15) is 39.0 Å². The normalized spacial score (nSPS) is 17.3. The molecule has 1 aromatic heterocycles. The molecule has 1 atom stereocenters. The minimum Gasteiger partial charge on any atom is -0.269 e. The van der Waals surface area contributed by atoms with Crippen molar-refractivity contribution in [1.29, 1.82) is 0 Å². The van der Waals surface area contributed by atoms with Crippen LogP contribution < -0.4 is 5.48 Å². The number of hydrogen-bond donors (Lipinski definition) is 1. The third kappa shape index (κ3) is 3.52. The Bertz CT molecular complexity index is 621. The van der Waals surface area contributed by atoms with E-state index in [9.17, 15) is 4.79 Å². The zero-order valence-electron chi connectivity index (χ0n) is 12.1. The average Bonchev–Trinajstić information content (AvgIpc) is 2.91. The SMILES string of the molecule is CC1CCc2sc(C(=O)NOCc3ccccc3)cc2C1. The van der Waals surface area contributed by atoms with Gasteiger partial charge in [0.1, 0.15) is 0 Å². The maximum Gasteiger partial charge on any atom is 0.284 e. The molecule has 0 bridgehead atoms. The fourth-order valence-corrected chi connectivity index (χ4v) is 3.72. The van der Waals surface area contributed by atoms with Crippen molar-refractivity contribution >= 4 is 17.2 Å². The molecule has 1 aliphatic carbocycles. The van der Waals surface area contributed by atoms with Crippen LogP contribution in [-0.2, 0) is 24.3 Å². The van der Waals surface area contributed by atoms with Crippen LogP contribution in [0.5, 0.6) is 0 Å². The van der Waals surface area contributed by atoms with Gasteiger partial charge in [-0.3, -0.25) is 9.63 Å². The summed E-state index contributed by atoms with van der Waals surface area (Å²) in [4.78, 5) is 19.5. The maximum atomic E-state index is 12.1. The summed E-state index contributed by atoms with van der Waals surface area (Å²) < 4.78 is 0. The van der Waals surface area contributed by atoms with Gasteiger partial charge in [0.05, 0.1) is 11.5 Å². The molecule has 1 aliphatic rings. The van der Waals surface area contributed by atoms with Gasteiger partial charge in [0.25, 0.3) is 5.91 Å². The molecule has 110 valence electrons. The van der Waals surface area contributed by atoms with Gasteiger partial charge >= 0.3 is 0 Å². The number of rotatable bonds is 4. The van der Waals surface area contributed by atoms with E-state index in [0.29, 0.717) is 6.61 Å². The van der Waals surface area contributed by atoms with Crippen molar-refractivity contribution in [1.82, 2.24) is 5.48 Å². The van der Waals surface area contributed by atoms with Crippen molar-refractivity contribution in [2.75, 3.05) is 0 Å². The third-order valence-electron chi connectivity index (χ3n) is 3.80. The number of fused-ring (bicyclic) bond motifs is 1. The van der Waals surface area contributed by atoms with Gasteiger partial charge in [0.2, 0.25) is 0 Å². The van der Waals surface area contributed by atoms with E-state index in [1.807, 2.05) is 36.4 Å². The van der Waals surface area contributed by atoms with Gasteiger partial charge in [-0.15, -0.1) is 11.3 Å². The molecule has 4 heteroatoms. The largest absolute Gasteiger partial charge is 0.284 e. The molecule has 0 radical (unpaired) electrons. The first-order valence-corrected chi connectivity index (χ1v) is 8.11. The Balaban J connectivity index is 1.56. The second-order valence-electron chi connectivity index (χ2n) is 5.61. The second-order valence-corrected chi connectivity index (χ2v) is 6.75. The number of thiophene rings is 1. The van der Waals surface area contributed by atoms with Crippen molar-refractivity contribution in [2.24, 2.45) is 5.92 Å². The van der Waals surface area contributed by atoms with Crippen molar-refractivity contribution in [3.8, 4) is 0 Å². The topological polar surface area (TPSA) is 38.3 Å². The van der Waals surface area contributed by atoms with Gasteiger partial charge in [-0.25, -0.2) is 5.48 Å². The summed E-state index contributed by atoms with van der Waals surface area (Å²) in [7, 11) is 0. The lowest BCUT2D eigenvalue weighted by molar-refractivity contribution is 0.0237. The summed E-state index contributed by atoms with van der Waals surface area (Å²) in [6.45, 7) is 2.65. The molecule has 0 spiro atoms. The Morgan fingerprint density at radius 3 is 3.00 bits per heavy atom. The van der Waals surface area contributed by atoms with E-state index in [4.69, 9.17) is 4.84 Å². The molecule has 1 aromatic carbocycles. The van der Waals surface area contributed by atoms with Crippen LogP contribution in [0.4, 0.5) is 0 Å². The van der Waals surface area contributed by atoms with E-state index >= 15 is 0 Å². The molecular formula is C17H19NO2S. The van der Waals surface area contributed by atoms with Crippen molar-refractivity contribution in [3.05, 3.63) is 57.3 Å². The monoisotopic (exact) mass is 301 g/mol. The highest BCUT2D eigenvalue weighted by Crippen LogP contribution is 2.32. The maximum absolute atomic E-state index is 12.1. The predicted octanol–water partition coefficient (Wildman–Crippen LogP) is 3.73. The smallest absolute Gasteiger partial charge is 0.269 e. The number of amides is 1. The molecule has 3 nitrogen and oxygen atoms in total. The van der Waals surface area contributed by atoms with Crippen LogP contribution >= 0.6 is 11.3 Å². The Morgan fingerprint density at radius 1 is 1.38 bits per heavy atom. The van der Waals surface area contributed by atoms with Crippen molar-refractivity contribution in [3.63, 3.8) is 0 Å². The molecule has 1 N–H and O–H groups in total. The molecule has 1 amide bonds. The number of benzene rings is 1. The Kier molecular flexibility index (Phi) is 4.36. The fraction of sp³-hybridized carbons (Fsp3) is 0.353.